The number of carbonyl (C=O) groups is 2. The summed E-state index contributed by atoms with van der Waals surface area (Å²) in [5.41, 5.74) is 0.787. The molecule has 1 aliphatic carbocycles. The van der Waals surface area contributed by atoms with E-state index in [1.54, 1.807) is 11.0 Å². The summed E-state index contributed by atoms with van der Waals surface area (Å²) < 4.78 is 13.3. The second kappa shape index (κ2) is 5.81. The molecule has 0 radical (unpaired) electrons. The summed E-state index contributed by atoms with van der Waals surface area (Å²) in [6.45, 7) is 0.881. The molecule has 112 valence electrons. The van der Waals surface area contributed by atoms with E-state index in [0.29, 0.717) is 13.1 Å². The summed E-state index contributed by atoms with van der Waals surface area (Å²) in [6.07, 6.45) is 1.97. The predicted molar refractivity (Wildman–Crippen MR) is 74.8 cm³/mol. The van der Waals surface area contributed by atoms with Crippen LogP contribution in [0, 0.1) is 5.82 Å². The molecule has 2 N–H and O–H groups in total. The monoisotopic (exact) mass is 291 g/mol. The van der Waals surface area contributed by atoms with Gasteiger partial charge in [0.1, 0.15) is 11.9 Å². The minimum absolute atomic E-state index is 0.0261. The third kappa shape index (κ3) is 3.39. The molecule has 5 nitrogen and oxygen atoms in total. The predicted octanol–water partition coefficient (Wildman–Crippen LogP) is 0.405. The maximum Gasteiger partial charge on any atom is 0.242 e. The van der Waals surface area contributed by atoms with E-state index in [1.165, 1.54) is 12.1 Å². The largest absolute Gasteiger partial charge is 0.353 e. The molecule has 6 heteroatoms. The van der Waals surface area contributed by atoms with Gasteiger partial charge >= 0.3 is 0 Å². The number of amides is 2. The van der Waals surface area contributed by atoms with Gasteiger partial charge in [0.15, 0.2) is 0 Å². The van der Waals surface area contributed by atoms with Crippen molar-refractivity contribution < 1.29 is 14.0 Å². The number of nitrogens with zero attached hydrogens (tertiary/aromatic N) is 1. The zero-order chi connectivity index (χ0) is 14.8. The van der Waals surface area contributed by atoms with Gasteiger partial charge in [-0.3, -0.25) is 14.9 Å². The van der Waals surface area contributed by atoms with Crippen LogP contribution < -0.4 is 10.6 Å². The fraction of sp³-hybridized carbons (Fsp3) is 0.467. The molecule has 0 spiro atoms. The van der Waals surface area contributed by atoms with Gasteiger partial charge < -0.3 is 10.2 Å². The molecule has 21 heavy (non-hydrogen) atoms. The molecule has 1 saturated carbocycles. The molecule has 0 bridgehead atoms. The van der Waals surface area contributed by atoms with Gasteiger partial charge in [0.25, 0.3) is 0 Å². The Morgan fingerprint density at radius 1 is 1.38 bits per heavy atom. The highest BCUT2D eigenvalue weighted by atomic mass is 19.1. The van der Waals surface area contributed by atoms with Crippen LogP contribution >= 0.6 is 0 Å². The fourth-order valence-electron chi connectivity index (χ4n) is 2.55. The lowest BCUT2D eigenvalue weighted by Crippen LogP contribution is -2.58. The Kier molecular flexibility index (Phi) is 3.88. The standard InChI is InChI=1S/C15H18FN3O2/c16-11-3-1-2-10(6-11)9-19(12-4-5-12)15(21)13-7-18-14(20)8-17-13/h1-3,6,12-13,17H,4-5,7-9H2,(H,18,20). The van der Waals surface area contributed by atoms with Crippen molar-refractivity contribution >= 4 is 11.8 Å². The van der Waals surface area contributed by atoms with Gasteiger partial charge in [0.2, 0.25) is 11.8 Å². The lowest BCUT2D eigenvalue weighted by molar-refractivity contribution is -0.136. The Morgan fingerprint density at radius 2 is 2.19 bits per heavy atom. The third-order valence-electron chi connectivity index (χ3n) is 3.82. The minimum atomic E-state index is -0.392. The fourth-order valence-corrected chi connectivity index (χ4v) is 2.55. The van der Waals surface area contributed by atoms with Gasteiger partial charge in [-0.2, -0.15) is 0 Å². The molecule has 1 unspecified atom stereocenters. The maximum absolute atomic E-state index is 13.3. The first-order valence-corrected chi connectivity index (χ1v) is 7.18. The Labute approximate surface area is 122 Å². The Morgan fingerprint density at radius 3 is 2.81 bits per heavy atom. The first-order chi connectivity index (χ1) is 10.1. The van der Waals surface area contributed by atoms with E-state index in [1.807, 2.05) is 6.07 Å². The van der Waals surface area contributed by atoms with Crippen LogP contribution in [0.25, 0.3) is 0 Å². The van der Waals surface area contributed by atoms with Crippen LogP contribution in [0.4, 0.5) is 4.39 Å². The first kappa shape index (κ1) is 14.0. The SMILES string of the molecule is O=C1CNC(C(=O)N(Cc2cccc(F)c2)C2CC2)CN1. The summed E-state index contributed by atoms with van der Waals surface area (Å²) in [4.78, 5) is 25.5. The molecular weight excluding hydrogens is 273 g/mol. The Balaban J connectivity index is 1.69. The number of hydrogen-bond donors (Lipinski definition) is 2. The van der Waals surface area contributed by atoms with Crippen LogP contribution in [0.5, 0.6) is 0 Å². The molecule has 2 aliphatic rings. The summed E-state index contributed by atoms with van der Waals surface area (Å²) in [6, 6.07) is 6.17. The quantitative estimate of drug-likeness (QED) is 0.844. The average Bonchev–Trinajstić information content (AvgIpc) is 3.29. The highest BCUT2D eigenvalue weighted by Gasteiger charge is 2.36. The van der Waals surface area contributed by atoms with Crippen molar-refractivity contribution in [2.45, 2.75) is 31.5 Å². The number of halogens is 1. The minimum Gasteiger partial charge on any atom is -0.353 e. The molecular formula is C15H18FN3O2. The van der Waals surface area contributed by atoms with Gasteiger partial charge in [-0.05, 0) is 30.5 Å². The maximum atomic E-state index is 13.3. The topological polar surface area (TPSA) is 61.4 Å². The van der Waals surface area contributed by atoms with Crippen molar-refractivity contribution in [2.24, 2.45) is 0 Å². The molecule has 1 atom stereocenters. The number of piperazine rings is 1. The van der Waals surface area contributed by atoms with Crippen molar-refractivity contribution in [3.63, 3.8) is 0 Å². The summed E-state index contributed by atoms with van der Waals surface area (Å²) in [5, 5.41) is 5.64. The lowest BCUT2D eigenvalue weighted by Gasteiger charge is -2.30. The van der Waals surface area contributed by atoms with Gasteiger partial charge in [-0.25, -0.2) is 4.39 Å². The van der Waals surface area contributed by atoms with E-state index in [0.717, 1.165) is 18.4 Å². The first-order valence-electron chi connectivity index (χ1n) is 7.18. The Bertz CT molecular complexity index is 550. The van der Waals surface area contributed by atoms with Crippen LogP contribution in [0.1, 0.15) is 18.4 Å². The van der Waals surface area contributed by atoms with Crippen molar-refractivity contribution in [2.75, 3.05) is 13.1 Å². The molecule has 3 rings (SSSR count). The number of hydrogen-bond acceptors (Lipinski definition) is 3. The number of nitrogens with one attached hydrogen (secondary N) is 2. The van der Waals surface area contributed by atoms with E-state index in [9.17, 15) is 14.0 Å². The molecule has 2 amide bonds. The van der Waals surface area contributed by atoms with Crippen LogP contribution in [0.2, 0.25) is 0 Å². The number of benzene rings is 1. The normalized spacial score (nSPS) is 21.8. The van der Waals surface area contributed by atoms with Gasteiger partial charge in [0, 0.05) is 19.1 Å². The lowest BCUT2D eigenvalue weighted by atomic mass is 10.1. The van der Waals surface area contributed by atoms with E-state index in [2.05, 4.69) is 10.6 Å². The smallest absolute Gasteiger partial charge is 0.242 e. The summed E-state index contributed by atoms with van der Waals surface area (Å²) in [5.74, 6) is -0.414. The highest BCUT2D eigenvalue weighted by Crippen LogP contribution is 2.29. The molecule has 2 fully saturated rings. The van der Waals surface area contributed by atoms with Crippen LogP contribution in [0.15, 0.2) is 24.3 Å². The van der Waals surface area contributed by atoms with Crippen molar-refractivity contribution in [3.05, 3.63) is 35.6 Å². The van der Waals surface area contributed by atoms with E-state index >= 15 is 0 Å². The third-order valence-corrected chi connectivity index (χ3v) is 3.82. The summed E-state index contributed by atoms with van der Waals surface area (Å²) >= 11 is 0. The van der Waals surface area contributed by atoms with Crippen molar-refractivity contribution in [1.29, 1.82) is 0 Å². The van der Waals surface area contributed by atoms with Gasteiger partial charge in [-0.1, -0.05) is 12.1 Å². The molecule has 1 saturated heterocycles. The molecule has 1 heterocycles. The van der Waals surface area contributed by atoms with Gasteiger partial charge in [0.05, 0.1) is 6.54 Å². The van der Waals surface area contributed by atoms with E-state index < -0.39 is 6.04 Å². The molecule has 1 aromatic carbocycles. The van der Waals surface area contributed by atoms with Crippen LogP contribution in [-0.4, -0.2) is 41.9 Å². The highest BCUT2D eigenvalue weighted by molar-refractivity contribution is 5.87. The van der Waals surface area contributed by atoms with E-state index in [-0.39, 0.29) is 30.2 Å². The van der Waals surface area contributed by atoms with Gasteiger partial charge in [-0.15, -0.1) is 0 Å². The molecule has 1 aromatic rings. The zero-order valence-corrected chi connectivity index (χ0v) is 11.6. The average molecular weight is 291 g/mol. The number of carbonyl (C=O) groups excluding carboxylic acids is 2. The van der Waals surface area contributed by atoms with Crippen molar-refractivity contribution in [1.82, 2.24) is 15.5 Å². The second-order valence-corrected chi connectivity index (χ2v) is 5.56. The summed E-state index contributed by atoms with van der Waals surface area (Å²) in [7, 11) is 0. The van der Waals surface area contributed by atoms with Crippen LogP contribution in [0.3, 0.4) is 0 Å². The second-order valence-electron chi connectivity index (χ2n) is 5.56. The van der Waals surface area contributed by atoms with E-state index in [4.69, 9.17) is 0 Å². The van der Waals surface area contributed by atoms with Crippen LogP contribution in [-0.2, 0) is 16.1 Å². The zero-order valence-electron chi connectivity index (χ0n) is 11.6. The number of rotatable bonds is 4. The van der Waals surface area contributed by atoms with Crippen molar-refractivity contribution in [3.8, 4) is 0 Å². The molecule has 0 aromatic heterocycles. The molecule has 1 aliphatic heterocycles. The Hall–Kier alpha value is -1.95.